The van der Waals surface area contributed by atoms with Crippen molar-refractivity contribution in [2.24, 2.45) is 0 Å². The summed E-state index contributed by atoms with van der Waals surface area (Å²) < 4.78 is 10.3. The summed E-state index contributed by atoms with van der Waals surface area (Å²) in [4.78, 5) is 15.8. The van der Waals surface area contributed by atoms with Crippen LogP contribution in [0, 0.1) is 0 Å². The molecule has 1 heterocycles. The minimum atomic E-state index is -0.408. The van der Waals surface area contributed by atoms with Crippen LogP contribution in [-0.4, -0.2) is 24.2 Å². The molecule has 2 aromatic rings. The van der Waals surface area contributed by atoms with Gasteiger partial charge in [0.15, 0.2) is 0 Å². The number of nitrogens with zero attached hydrogens (tertiary/aromatic N) is 1. The number of rotatable bonds is 3. The van der Waals surface area contributed by atoms with Gasteiger partial charge in [0.05, 0.1) is 13.2 Å². The first-order valence-corrected chi connectivity index (χ1v) is 5.75. The van der Waals surface area contributed by atoms with E-state index in [9.17, 15) is 4.79 Å². The Bertz CT molecular complexity index is 578. The number of ether oxygens (including phenoxy) is 2. The van der Waals surface area contributed by atoms with E-state index in [0.29, 0.717) is 5.69 Å². The highest BCUT2D eigenvalue weighted by Gasteiger charge is 2.11. The van der Waals surface area contributed by atoms with Gasteiger partial charge in [-0.1, -0.05) is 0 Å². The molecule has 94 valence electrons. The average Bonchev–Trinajstić information content (AvgIpc) is 2.36. The predicted molar refractivity (Wildman–Crippen MR) is 68.8 cm³/mol. The van der Waals surface area contributed by atoms with Gasteiger partial charge in [-0.25, -0.2) is 9.78 Å². The molecule has 0 amide bonds. The number of benzene rings is 1. The zero-order valence-corrected chi connectivity index (χ0v) is 10.6. The van der Waals surface area contributed by atoms with Crippen LogP contribution >= 0.6 is 0 Å². The number of carbonyl (C=O) groups excluding carboxylic acids is 1. The largest absolute Gasteiger partial charge is 0.497 e. The first-order valence-electron chi connectivity index (χ1n) is 5.75. The fourth-order valence-electron chi connectivity index (χ4n) is 1.63. The van der Waals surface area contributed by atoms with E-state index in [0.717, 1.165) is 16.5 Å². The van der Waals surface area contributed by atoms with Crippen molar-refractivity contribution < 1.29 is 14.3 Å². The lowest BCUT2D eigenvalue weighted by molar-refractivity contribution is 0.0371. The van der Waals surface area contributed by atoms with E-state index in [-0.39, 0.29) is 6.10 Å². The summed E-state index contributed by atoms with van der Waals surface area (Å²) in [5.41, 5.74) is 0.310. The molecular weight excluding hydrogens is 230 g/mol. The van der Waals surface area contributed by atoms with Crippen LogP contribution in [0.4, 0.5) is 0 Å². The van der Waals surface area contributed by atoms with Gasteiger partial charge >= 0.3 is 5.97 Å². The SMILES string of the molecule is COc1ccc2cnc(C(=O)OC(C)C)cc2c1. The van der Waals surface area contributed by atoms with Crippen molar-refractivity contribution in [3.8, 4) is 5.75 Å². The highest BCUT2D eigenvalue weighted by molar-refractivity contribution is 5.93. The number of esters is 1. The molecule has 0 aliphatic heterocycles. The molecule has 0 bridgehead atoms. The molecule has 0 aliphatic rings. The Kier molecular flexibility index (Phi) is 3.46. The minimum absolute atomic E-state index is 0.152. The first-order chi connectivity index (χ1) is 8.60. The zero-order chi connectivity index (χ0) is 13.1. The first kappa shape index (κ1) is 12.4. The number of pyridine rings is 1. The number of methoxy groups -OCH3 is 1. The molecule has 0 unspecified atom stereocenters. The molecule has 1 aromatic carbocycles. The lowest BCUT2D eigenvalue weighted by Crippen LogP contribution is -2.12. The smallest absolute Gasteiger partial charge is 0.357 e. The van der Waals surface area contributed by atoms with Gasteiger partial charge in [-0.05, 0) is 43.5 Å². The molecule has 0 spiro atoms. The number of aromatic nitrogens is 1. The molecule has 0 atom stereocenters. The van der Waals surface area contributed by atoms with Gasteiger partial charge in [0.2, 0.25) is 0 Å². The molecule has 18 heavy (non-hydrogen) atoms. The maximum Gasteiger partial charge on any atom is 0.357 e. The van der Waals surface area contributed by atoms with E-state index < -0.39 is 5.97 Å². The summed E-state index contributed by atoms with van der Waals surface area (Å²) in [6, 6.07) is 7.33. The second-order valence-electron chi connectivity index (χ2n) is 4.24. The summed E-state index contributed by atoms with van der Waals surface area (Å²) in [5.74, 6) is 0.339. The van der Waals surface area contributed by atoms with Gasteiger partial charge in [0, 0.05) is 11.6 Å². The molecule has 0 saturated heterocycles. The van der Waals surface area contributed by atoms with Crippen LogP contribution in [0.25, 0.3) is 10.8 Å². The van der Waals surface area contributed by atoms with Crippen LogP contribution in [0.1, 0.15) is 24.3 Å². The molecule has 2 rings (SSSR count). The molecule has 0 saturated carbocycles. The lowest BCUT2D eigenvalue weighted by atomic mass is 10.1. The second kappa shape index (κ2) is 5.04. The van der Waals surface area contributed by atoms with E-state index in [4.69, 9.17) is 9.47 Å². The maximum atomic E-state index is 11.7. The van der Waals surface area contributed by atoms with Crippen LogP contribution in [0.5, 0.6) is 5.75 Å². The molecule has 0 N–H and O–H groups in total. The quantitative estimate of drug-likeness (QED) is 0.780. The Morgan fingerprint density at radius 3 is 2.67 bits per heavy atom. The van der Waals surface area contributed by atoms with Crippen LogP contribution in [0.3, 0.4) is 0 Å². The van der Waals surface area contributed by atoms with Crippen molar-refractivity contribution in [2.75, 3.05) is 7.11 Å². The van der Waals surface area contributed by atoms with Crippen molar-refractivity contribution in [1.29, 1.82) is 0 Å². The minimum Gasteiger partial charge on any atom is -0.497 e. The van der Waals surface area contributed by atoms with E-state index >= 15 is 0 Å². The van der Waals surface area contributed by atoms with Crippen molar-refractivity contribution in [3.05, 3.63) is 36.2 Å². The van der Waals surface area contributed by atoms with Gasteiger partial charge in [0.25, 0.3) is 0 Å². The molecule has 1 aromatic heterocycles. The number of hydrogen-bond acceptors (Lipinski definition) is 4. The maximum absolute atomic E-state index is 11.7. The summed E-state index contributed by atoms with van der Waals surface area (Å²) in [6.07, 6.45) is 1.51. The van der Waals surface area contributed by atoms with Crippen LogP contribution in [0.2, 0.25) is 0 Å². The highest BCUT2D eigenvalue weighted by Crippen LogP contribution is 2.21. The third kappa shape index (κ3) is 2.59. The van der Waals surface area contributed by atoms with Crippen LogP contribution in [0.15, 0.2) is 30.5 Å². The molecule has 0 fully saturated rings. The Hall–Kier alpha value is -2.10. The van der Waals surface area contributed by atoms with Gasteiger partial charge in [-0.15, -0.1) is 0 Å². The summed E-state index contributed by atoms with van der Waals surface area (Å²) in [5, 5.41) is 1.86. The predicted octanol–water partition coefficient (Wildman–Crippen LogP) is 2.81. The lowest BCUT2D eigenvalue weighted by Gasteiger charge is -2.08. The van der Waals surface area contributed by atoms with E-state index in [1.165, 1.54) is 0 Å². The summed E-state index contributed by atoms with van der Waals surface area (Å²) >= 11 is 0. The third-order valence-electron chi connectivity index (χ3n) is 2.48. The molecular formula is C14H15NO3. The zero-order valence-electron chi connectivity index (χ0n) is 10.6. The Morgan fingerprint density at radius 2 is 2.00 bits per heavy atom. The van der Waals surface area contributed by atoms with Crippen molar-refractivity contribution in [3.63, 3.8) is 0 Å². The normalized spacial score (nSPS) is 10.7. The number of hydrogen-bond donors (Lipinski definition) is 0. The van der Waals surface area contributed by atoms with Crippen molar-refractivity contribution >= 4 is 16.7 Å². The van der Waals surface area contributed by atoms with Crippen LogP contribution < -0.4 is 4.74 Å². The topological polar surface area (TPSA) is 48.4 Å². The van der Waals surface area contributed by atoms with E-state index in [1.54, 1.807) is 19.4 Å². The Morgan fingerprint density at radius 1 is 1.22 bits per heavy atom. The Balaban J connectivity index is 2.39. The standard InChI is InChI=1S/C14H15NO3/c1-9(2)18-14(16)13-7-11-6-12(17-3)5-4-10(11)8-15-13/h4-9H,1-3H3. The van der Waals surface area contributed by atoms with Crippen molar-refractivity contribution in [1.82, 2.24) is 4.98 Å². The van der Waals surface area contributed by atoms with E-state index in [1.807, 2.05) is 32.0 Å². The van der Waals surface area contributed by atoms with Crippen molar-refractivity contribution in [2.45, 2.75) is 20.0 Å². The second-order valence-corrected chi connectivity index (χ2v) is 4.24. The molecule has 0 radical (unpaired) electrons. The Labute approximate surface area is 106 Å². The van der Waals surface area contributed by atoms with Gasteiger partial charge in [-0.2, -0.15) is 0 Å². The number of fused-ring (bicyclic) bond motifs is 1. The summed E-state index contributed by atoms with van der Waals surface area (Å²) in [7, 11) is 1.61. The fraction of sp³-hybridized carbons (Fsp3) is 0.286. The fourth-order valence-corrected chi connectivity index (χ4v) is 1.63. The monoisotopic (exact) mass is 245 g/mol. The average molecular weight is 245 g/mol. The van der Waals surface area contributed by atoms with E-state index in [2.05, 4.69) is 4.98 Å². The third-order valence-corrected chi connectivity index (χ3v) is 2.48. The van der Waals surface area contributed by atoms with Gasteiger partial charge < -0.3 is 9.47 Å². The van der Waals surface area contributed by atoms with Crippen LogP contribution in [-0.2, 0) is 4.74 Å². The van der Waals surface area contributed by atoms with Gasteiger partial charge in [-0.3, -0.25) is 0 Å². The highest BCUT2D eigenvalue weighted by atomic mass is 16.5. The molecule has 4 heteroatoms. The summed E-state index contributed by atoms with van der Waals surface area (Å²) in [6.45, 7) is 3.62. The van der Waals surface area contributed by atoms with Gasteiger partial charge in [0.1, 0.15) is 11.4 Å². The molecule has 4 nitrogen and oxygen atoms in total. The number of carbonyl (C=O) groups is 1. The molecule has 0 aliphatic carbocycles.